The number of aryl methyl sites for hydroxylation is 1. The van der Waals surface area contributed by atoms with Crippen molar-refractivity contribution in [3.05, 3.63) is 95.9 Å². The lowest BCUT2D eigenvalue weighted by atomic mass is 9.93. The van der Waals surface area contributed by atoms with E-state index >= 15 is 0 Å². The molecule has 1 heterocycles. The van der Waals surface area contributed by atoms with Crippen LogP contribution in [0, 0.1) is 0 Å². The second-order valence-electron chi connectivity index (χ2n) is 7.19. The monoisotopic (exact) mass is 347 g/mol. The predicted octanol–water partition coefficient (Wildman–Crippen LogP) is 7.10. The quantitative estimate of drug-likeness (QED) is 0.375. The molecule has 1 heteroatoms. The third-order valence-electron chi connectivity index (χ3n) is 5.06. The van der Waals surface area contributed by atoms with Gasteiger partial charge in [-0.05, 0) is 75.1 Å². The minimum atomic E-state index is 0.881. The van der Waals surface area contributed by atoms with Gasteiger partial charge in [0.25, 0.3) is 0 Å². The Morgan fingerprint density at radius 3 is 2.42 bits per heavy atom. The number of nitrogens with zero attached hydrogens (tertiary/aromatic N) is 1. The highest BCUT2D eigenvalue weighted by Crippen LogP contribution is 2.32. The number of benzene rings is 1. The molecule has 0 spiro atoms. The Labute approximate surface area is 160 Å². The lowest BCUT2D eigenvalue weighted by molar-refractivity contribution is 0.398. The van der Waals surface area contributed by atoms with E-state index in [2.05, 4.69) is 74.9 Å². The maximum absolute atomic E-state index is 4.44. The standard InChI is InChI=1S/C25H33N/c1-6-12-25-22(7-2)17-18-23-15-10-11-16-24(23)19-26(25)21(5)14-9-8-13-20(3)4/h6-7,10-12,15-16H,1,3,5,8-9,13-14,17-19H2,2,4H3/b22-7-,25-12+. The van der Waals surface area contributed by atoms with Crippen LogP contribution < -0.4 is 0 Å². The van der Waals surface area contributed by atoms with Gasteiger partial charge in [0, 0.05) is 17.9 Å². The first kappa shape index (κ1) is 20.0. The highest BCUT2D eigenvalue weighted by molar-refractivity contribution is 5.40. The Bertz CT molecular complexity index is 717. The van der Waals surface area contributed by atoms with Gasteiger partial charge in [-0.3, -0.25) is 0 Å². The van der Waals surface area contributed by atoms with Crippen molar-refractivity contribution in [3.63, 3.8) is 0 Å². The molecule has 1 aliphatic heterocycles. The Kier molecular flexibility index (Phi) is 7.72. The zero-order chi connectivity index (χ0) is 18.9. The summed E-state index contributed by atoms with van der Waals surface area (Å²) >= 11 is 0. The molecule has 0 atom stereocenters. The van der Waals surface area contributed by atoms with Crippen LogP contribution in [0.3, 0.4) is 0 Å². The Hall–Kier alpha value is -2.28. The fourth-order valence-electron chi connectivity index (χ4n) is 3.56. The summed E-state index contributed by atoms with van der Waals surface area (Å²) < 4.78 is 0. The van der Waals surface area contributed by atoms with Crippen LogP contribution in [0.15, 0.2) is 84.8 Å². The van der Waals surface area contributed by atoms with Gasteiger partial charge in [-0.1, -0.05) is 55.1 Å². The highest BCUT2D eigenvalue weighted by Gasteiger charge is 2.20. The van der Waals surface area contributed by atoms with Crippen molar-refractivity contribution in [2.24, 2.45) is 0 Å². The molecule has 0 radical (unpaired) electrons. The van der Waals surface area contributed by atoms with Crippen molar-refractivity contribution in [3.8, 4) is 0 Å². The lowest BCUT2D eigenvalue weighted by Gasteiger charge is -2.34. The second-order valence-corrected chi connectivity index (χ2v) is 7.19. The molecule has 0 bridgehead atoms. The highest BCUT2D eigenvalue weighted by atomic mass is 15.1. The largest absolute Gasteiger partial charge is 0.341 e. The number of hydrogen-bond donors (Lipinski definition) is 0. The van der Waals surface area contributed by atoms with Crippen molar-refractivity contribution in [2.75, 3.05) is 0 Å². The zero-order valence-electron chi connectivity index (χ0n) is 16.6. The molecule has 0 aliphatic carbocycles. The van der Waals surface area contributed by atoms with Gasteiger partial charge in [0.1, 0.15) is 0 Å². The minimum Gasteiger partial charge on any atom is -0.341 e. The van der Waals surface area contributed by atoms with Gasteiger partial charge in [0.05, 0.1) is 0 Å². The van der Waals surface area contributed by atoms with Crippen molar-refractivity contribution in [1.29, 1.82) is 0 Å². The van der Waals surface area contributed by atoms with E-state index in [-0.39, 0.29) is 0 Å². The van der Waals surface area contributed by atoms with Gasteiger partial charge in [0.15, 0.2) is 0 Å². The first-order valence-corrected chi connectivity index (χ1v) is 9.71. The predicted molar refractivity (Wildman–Crippen MR) is 115 cm³/mol. The molecular weight excluding hydrogens is 314 g/mol. The van der Waals surface area contributed by atoms with Gasteiger partial charge < -0.3 is 4.90 Å². The summed E-state index contributed by atoms with van der Waals surface area (Å²) in [7, 11) is 0. The number of unbranched alkanes of at least 4 members (excludes halogenated alkanes) is 1. The van der Waals surface area contributed by atoms with Crippen molar-refractivity contribution < 1.29 is 0 Å². The molecule has 0 fully saturated rings. The molecule has 1 aliphatic rings. The van der Waals surface area contributed by atoms with Crippen LogP contribution in [0.4, 0.5) is 0 Å². The molecule has 1 aromatic carbocycles. The third-order valence-corrected chi connectivity index (χ3v) is 5.06. The Morgan fingerprint density at radius 1 is 1.08 bits per heavy atom. The third kappa shape index (κ3) is 5.36. The molecule has 26 heavy (non-hydrogen) atoms. The summed E-state index contributed by atoms with van der Waals surface area (Å²) in [6.45, 7) is 17.5. The van der Waals surface area contributed by atoms with E-state index in [1.807, 2.05) is 6.08 Å². The molecule has 2 rings (SSSR count). The first-order chi connectivity index (χ1) is 12.6. The average molecular weight is 348 g/mol. The minimum absolute atomic E-state index is 0.881. The molecule has 1 nitrogen and oxygen atoms in total. The number of hydrogen-bond acceptors (Lipinski definition) is 1. The van der Waals surface area contributed by atoms with E-state index in [0.29, 0.717) is 0 Å². The number of fused-ring (bicyclic) bond motifs is 1. The van der Waals surface area contributed by atoms with Crippen molar-refractivity contribution >= 4 is 0 Å². The fourth-order valence-corrected chi connectivity index (χ4v) is 3.56. The molecule has 0 saturated heterocycles. The van der Waals surface area contributed by atoms with Crippen LogP contribution in [0.25, 0.3) is 0 Å². The van der Waals surface area contributed by atoms with Crippen LogP contribution in [-0.2, 0) is 13.0 Å². The maximum Gasteiger partial charge on any atom is 0.0481 e. The van der Waals surface area contributed by atoms with Crippen LogP contribution in [0.1, 0.15) is 57.1 Å². The van der Waals surface area contributed by atoms with Crippen molar-refractivity contribution in [2.45, 2.75) is 58.9 Å². The van der Waals surface area contributed by atoms with Crippen LogP contribution in [0.2, 0.25) is 0 Å². The van der Waals surface area contributed by atoms with E-state index in [0.717, 1.165) is 38.6 Å². The van der Waals surface area contributed by atoms with E-state index in [1.165, 1.54) is 40.1 Å². The molecule has 1 aromatic rings. The Balaban J connectivity index is 2.27. The summed E-state index contributed by atoms with van der Waals surface area (Å²) in [5, 5.41) is 0. The van der Waals surface area contributed by atoms with Crippen molar-refractivity contribution in [1.82, 2.24) is 4.90 Å². The maximum atomic E-state index is 4.44. The molecule has 0 aromatic heterocycles. The van der Waals surface area contributed by atoms with Gasteiger partial charge in [-0.15, -0.1) is 6.58 Å². The molecular formula is C25H33N. The summed E-state index contributed by atoms with van der Waals surface area (Å²) in [4.78, 5) is 2.40. The lowest BCUT2D eigenvalue weighted by Crippen LogP contribution is -2.25. The second kappa shape index (κ2) is 10.0. The van der Waals surface area contributed by atoms with Crippen LogP contribution >= 0.6 is 0 Å². The fraction of sp³-hybridized carbons (Fsp3) is 0.360. The molecule has 0 N–H and O–H groups in total. The van der Waals surface area contributed by atoms with E-state index in [1.54, 1.807) is 0 Å². The summed E-state index contributed by atoms with van der Waals surface area (Å²) in [6, 6.07) is 8.80. The van der Waals surface area contributed by atoms with E-state index in [4.69, 9.17) is 0 Å². The van der Waals surface area contributed by atoms with Gasteiger partial charge in [-0.25, -0.2) is 0 Å². The first-order valence-electron chi connectivity index (χ1n) is 9.71. The number of rotatable bonds is 7. The summed E-state index contributed by atoms with van der Waals surface area (Å²) in [5.41, 5.74) is 7.93. The van der Waals surface area contributed by atoms with Gasteiger partial charge in [0.2, 0.25) is 0 Å². The van der Waals surface area contributed by atoms with Gasteiger partial charge >= 0.3 is 0 Å². The van der Waals surface area contributed by atoms with E-state index in [9.17, 15) is 0 Å². The molecule has 0 unspecified atom stereocenters. The normalized spacial score (nSPS) is 17.5. The average Bonchev–Trinajstić information content (AvgIpc) is 2.62. The SMILES string of the molecule is C=C/C=C1\C(=C/C)CCc2ccccc2CN1C(=C)CCCCC(=C)C. The smallest absolute Gasteiger partial charge is 0.0481 e. The zero-order valence-corrected chi connectivity index (χ0v) is 16.6. The topological polar surface area (TPSA) is 3.24 Å². The molecule has 138 valence electrons. The van der Waals surface area contributed by atoms with Crippen LogP contribution in [0.5, 0.6) is 0 Å². The Morgan fingerprint density at radius 2 is 1.77 bits per heavy atom. The van der Waals surface area contributed by atoms with Gasteiger partial charge in [-0.2, -0.15) is 0 Å². The summed E-state index contributed by atoms with van der Waals surface area (Å²) in [6.07, 6.45) is 12.9. The number of allylic oxidation sites excluding steroid dienone is 6. The molecule has 0 saturated carbocycles. The van der Waals surface area contributed by atoms with Crippen LogP contribution in [-0.4, -0.2) is 4.90 Å². The molecule has 0 amide bonds. The van der Waals surface area contributed by atoms with E-state index < -0.39 is 0 Å². The summed E-state index contributed by atoms with van der Waals surface area (Å²) in [5.74, 6) is 0.